The van der Waals surface area contributed by atoms with Gasteiger partial charge in [-0.25, -0.2) is 19.2 Å². The lowest BCUT2D eigenvalue weighted by Crippen LogP contribution is -2.27. The number of ether oxygens (including phenoxy) is 2. The predicted molar refractivity (Wildman–Crippen MR) is 127 cm³/mol. The molecule has 48 heavy (non-hydrogen) atoms. The van der Waals surface area contributed by atoms with Gasteiger partial charge in [-0.15, -0.1) is 0 Å². The summed E-state index contributed by atoms with van der Waals surface area (Å²) in [6.07, 6.45) is -27.2. The van der Waals surface area contributed by atoms with Crippen molar-refractivity contribution in [2.24, 2.45) is 0 Å². The van der Waals surface area contributed by atoms with Crippen molar-refractivity contribution >= 4 is 23.9 Å². The SMILES string of the molecule is O=C(O)c1cccc(Oc2c(C(F)(F)F)c(C(F)(F)F)c(Oc3cccc(C(=O)O)c3C(=O)O)c(C(F)(F)F)c2C(F)(F)F)c1C(=O)O. The second-order valence-electron chi connectivity index (χ2n) is 8.93. The van der Waals surface area contributed by atoms with Crippen LogP contribution >= 0.6 is 0 Å². The highest BCUT2D eigenvalue weighted by Crippen LogP contribution is 2.60. The highest BCUT2D eigenvalue weighted by molar-refractivity contribution is 6.04. The van der Waals surface area contributed by atoms with E-state index in [0.717, 1.165) is 0 Å². The molecular weight excluding hydrogens is 700 g/mol. The minimum Gasteiger partial charge on any atom is -0.478 e. The Balaban J connectivity index is 2.75. The quantitative estimate of drug-likeness (QED) is 0.168. The number of halogens is 12. The standard InChI is InChI=1S/C26H10F12O10/c27-23(28,29)13-15(25(33,34)35)18(48-10-6-2-4-8(20(41)42)12(10)22(45)46)16(26(36,37)38)14(24(30,31)32)17(13)47-9-5-1-3-7(19(39)40)11(9)21(43)44/h1-6H,(H,39,40)(H,41,42)(H,43,44)(H,45,46). The lowest BCUT2D eigenvalue weighted by molar-refractivity contribution is -0.173. The zero-order valence-corrected chi connectivity index (χ0v) is 22.2. The number of hydrogen-bond acceptors (Lipinski definition) is 6. The summed E-state index contributed by atoms with van der Waals surface area (Å²) >= 11 is 0. The molecule has 0 unspecified atom stereocenters. The summed E-state index contributed by atoms with van der Waals surface area (Å²) in [5.41, 5.74) is -21.3. The van der Waals surface area contributed by atoms with Crippen LogP contribution in [-0.2, 0) is 24.7 Å². The van der Waals surface area contributed by atoms with E-state index in [0.29, 0.717) is 24.3 Å². The number of aromatic carboxylic acids is 4. The van der Waals surface area contributed by atoms with Crippen molar-refractivity contribution in [1.82, 2.24) is 0 Å². The second-order valence-corrected chi connectivity index (χ2v) is 8.93. The fraction of sp³-hybridized carbons (Fsp3) is 0.154. The Morgan fingerprint density at radius 2 is 0.688 bits per heavy atom. The van der Waals surface area contributed by atoms with E-state index in [2.05, 4.69) is 9.47 Å². The lowest BCUT2D eigenvalue weighted by Gasteiger charge is -2.29. The van der Waals surface area contributed by atoms with Crippen molar-refractivity contribution in [1.29, 1.82) is 0 Å². The van der Waals surface area contributed by atoms with Gasteiger partial charge in [0.2, 0.25) is 0 Å². The molecule has 0 saturated carbocycles. The summed E-state index contributed by atoms with van der Waals surface area (Å²) < 4.78 is 182. The van der Waals surface area contributed by atoms with Gasteiger partial charge in [0.25, 0.3) is 0 Å². The summed E-state index contributed by atoms with van der Waals surface area (Å²) in [5.74, 6) is -19.9. The smallest absolute Gasteiger partial charge is 0.420 e. The average molecular weight is 710 g/mol. The van der Waals surface area contributed by atoms with Gasteiger partial charge in [-0.05, 0) is 24.3 Å². The fourth-order valence-corrected chi connectivity index (χ4v) is 4.24. The van der Waals surface area contributed by atoms with E-state index in [4.69, 9.17) is 0 Å². The first-order chi connectivity index (χ1) is 21.7. The molecule has 0 heterocycles. The summed E-state index contributed by atoms with van der Waals surface area (Å²) in [6, 6.07) is 1.88. The molecule has 0 aliphatic rings. The van der Waals surface area contributed by atoms with Gasteiger partial charge in [-0.3, -0.25) is 0 Å². The maximum atomic E-state index is 14.4. The summed E-state index contributed by atoms with van der Waals surface area (Å²) in [7, 11) is 0. The normalized spacial score (nSPS) is 12.4. The van der Waals surface area contributed by atoms with Crippen molar-refractivity contribution in [2.75, 3.05) is 0 Å². The molecule has 0 aromatic heterocycles. The molecule has 0 saturated heterocycles. The van der Waals surface area contributed by atoms with Crippen molar-refractivity contribution in [2.45, 2.75) is 24.7 Å². The molecule has 258 valence electrons. The molecule has 0 fully saturated rings. The maximum absolute atomic E-state index is 14.4. The van der Waals surface area contributed by atoms with Crippen LogP contribution in [0.5, 0.6) is 23.0 Å². The van der Waals surface area contributed by atoms with Crippen LogP contribution in [0.15, 0.2) is 36.4 Å². The molecular formula is C26H10F12O10. The van der Waals surface area contributed by atoms with Crippen LogP contribution < -0.4 is 9.47 Å². The maximum Gasteiger partial charge on any atom is 0.420 e. The monoisotopic (exact) mass is 710 g/mol. The first kappa shape index (κ1) is 36.8. The van der Waals surface area contributed by atoms with Crippen molar-refractivity contribution in [3.63, 3.8) is 0 Å². The zero-order chi connectivity index (χ0) is 36.9. The van der Waals surface area contributed by atoms with Crippen LogP contribution in [0.1, 0.15) is 63.7 Å². The number of benzene rings is 3. The number of carboxylic acid groups (broad SMARTS) is 4. The van der Waals surface area contributed by atoms with Crippen molar-refractivity contribution < 1.29 is 102 Å². The Labute approximate surface area is 255 Å². The Morgan fingerprint density at radius 3 is 0.875 bits per heavy atom. The first-order valence-corrected chi connectivity index (χ1v) is 11.8. The van der Waals surface area contributed by atoms with Gasteiger partial charge < -0.3 is 29.9 Å². The van der Waals surface area contributed by atoms with E-state index < -0.39 is 116 Å². The molecule has 3 aromatic carbocycles. The largest absolute Gasteiger partial charge is 0.478 e. The minimum atomic E-state index is -6.80. The van der Waals surface area contributed by atoms with Gasteiger partial charge in [0, 0.05) is 0 Å². The van der Waals surface area contributed by atoms with Crippen LogP contribution in [0.25, 0.3) is 0 Å². The third kappa shape index (κ3) is 7.00. The Bertz CT molecular complexity index is 1650. The molecule has 0 radical (unpaired) electrons. The highest BCUT2D eigenvalue weighted by atomic mass is 19.4. The van der Waals surface area contributed by atoms with Gasteiger partial charge >= 0.3 is 48.6 Å². The predicted octanol–water partition coefficient (Wildman–Crippen LogP) is 8.14. The molecule has 22 heteroatoms. The van der Waals surface area contributed by atoms with E-state index >= 15 is 0 Å². The molecule has 0 bridgehead atoms. The Hall–Kier alpha value is -5.70. The molecule has 0 atom stereocenters. The lowest BCUT2D eigenvalue weighted by atomic mass is 9.92. The third-order valence-corrected chi connectivity index (χ3v) is 5.91. The van der Waals surface area contributed by atoms with Gasteiger partial charge in [0.1, 0.15) is 44.9 Å². The van der Waals surface area contributed by atoms with Crippen LogP contribution in [0.2, 0.25) is 0 Å². The van der Waals surface area contributed by atoms with Gasteiger partial charge in [-0.1, -0.05) is 12.1 Å². The number of hydrogen-bond donors (Lipinski definition) is 4. The van der Waals surface area contributed by atoms with E-state index in [1.165, 1.54) is 0 Å². The van der Waals surface area contributed by atoms with Crippen molar-refractivity contribution in [3.8, 4) is 23.0 Å². The van der Waals surface area contributed by atoms with E-state index in [1.807, 2.05) is 0 Å². The Kier molecular flexibility index (Phi) is 9.31. The molecule has 3 rings (SSSR count). The second kappa shape index (κ2) is 12.2. The number of alkyl halides is 12. The molecule has 0 aliphatic carbocycles. The van der Waals surface area contributed by atoms with Gasteiger partial charge in [0.15, 0.2) is 11.5 Å². The highest BCUT2D eigenvalue weighted by Gasteiger charge is 2.58. The van der Waals surface area contributed by atoms with Crippen LogP contribution in [0.4, 0.5) is 52.7 Å². The van der Waals surface area contributed by atoms with E-state index in [1.54, 1.807) is 0 Å². The molecule has 0 aliphatic heterocycles. The molecule has 4 N–H and O–H groups in total. The third-order valence-electron chi connectivity index (χ3n) is 5.91. The summed E-state index contributed by atoms with van der Waals surface area (Å²) in [4.78, 5) is 46.3. The fourth-order valence-electron chi connectivity index (χ4n) is 4.24. The first-order valence-electron chi connectivity index (χ1n) is 11.8. The topological polar surface area (TPSA) is 168 Å². The van der Waals surface area contributed by atoms with E-state index in [-0.39, 0.29) is 12.1 Å². The zero-order valence-electron chi connectivity index (χ0n) is 22.2. The number of carbonyl (C=O) groups is 4. The average Bonchev–Trinajstić information content (AvgIpc) is 2.89. The van der Waals surface area contributed by atoms with Crippen LogP contribution in [0, 0.1) is 0 Å². The molecule has 0 amide bonds. The Morgan fingerprint density at radius 1 is 0.438 bits per heavy atom. The molecule has 3 aromatic rings. The number of rotatable bonds is 8. The minimum absolute atomic E-state index is 0.123. The molecule has 10 nitrogen and oxygen atoms in total. The van der Waals surface area contributed by atoms with Crippen molar-refractivity contribution in [3.05, 3.63) is 80.9 Å². The van der Waals surface area contributed by atoms with Crippen LogP contribution in [-0.4, -0.2) is 44.3 Å². The number of carboxylic acids is 4. The summed E-state index contributed by atoms with van der Waals surface area (Å²) in [5, 5.41) is 37.2. The molecule has 0 spiro atoms. The van der Waals surface area contributed by atoms with Crippen LogP contribution in [0.3, 0.4) is 0 Å². The summed E-state index contributed by atoms with van der Waals surface area (Å²) in [6.45, 7) is 0. The van der Waals surface area contributed by atoms with Gasteiger partial charge in [-0.2, -0.15) is 52.7 Å². The van der Waals surface area contributed by atoms with Gasteiger partial charge in [0.05, 0.1) is 11.1 Å². The van der Waals surface area contributed by atoms with E-state index in [9.17, 15) is 92.3 Å².